The van der Waals surface area contributed by atoms with Crippen molar-refractivity contribution < 1.29 is 24.0 Å². The van der Waals surface area contributed by atoms with Gasteiger partial charge in [0.05, 0.1) is 40.4 Å². The number of unbranched alkanes of at least 4 members (excludes halogenated alkanes) is 1. The molecular weight excluding hydrogens is 440 g/mol. The van der Waals surface area contributed by atoms with Crippen LogP contribution in [0.3, 0.4) is 0 Å². The van der Waals surface area contributed by atoms with Gasteiger partial charge in [-0.15, -0.1) is 0 Å². The highest BCUT2D eigenvalue weighted by Crippen LogP contribution is 2.32. The molecule has 1 aromatic heterocycles. The van der Waals surface area contributed by atoms with Gasteiger partial charge in [-0.1, -0.05) is 23.1 Å². The summed E-state index contributed by atoms with van der Waals surface area (Å²) in [6.07, 6.45) is 2.45. The minimum absolute atomic E-state index is 0.0221. The van der Waals surface area contributed by atoms with Crippen molar-refractivity contribution in [3.05, 3.63) is 47.0 Å². The number of aromatic nitrogens is 2. The van der Waals surface area contributed by atoms with E-state index in [2.05, 4.69) is 15.8 Å². The SMILES string of the molecule is [B]c1ccc(Nc2c(C(=O)NOCCCCC(=O)NO)cc3c(ncn3C)c2F)c(Cl)c1. The first-order valence-electron chi connectivity index (χ1n) is 9.62. The molecule has 0 aliphatic carbocycles. The summed E-state index contributed by atoms with van der Waals surface area (Å²) in [7, 11) is 7.39. The molecule has 0 atom stereocenters. The molecule has 9 nitrogen and oxygen atoms in total. The highest BCUT2D eigenvalue weighted by atomic mass is 35.5. The summed E-state index contributed by atoms with van der Waals surface area (Å²) in [5.74, 6) is -1.92. The van der Waals surface area contributed by atoms with E-state index in [4.69, 9.17) is 29.5 Å². The van der Waals surface area contributed by atoms with Crippen molar-refractivity contribution in [1.29, 1.82) is 0 Å². The lowest BCUT2D eigenvalue weighted by Gasteiger charge is -2.15. The van der Waals surface area contributed by atoms with Crippen molar-refractivity contribution in [2.75, 3.05) is 11.9 Å². The fourth-order valence-electron chi connectivity index (χ4n) is 2.98. The molecule has 1 heterocycles. The minimum atomic E-state index is -0.726. The van der Waals surface area contributed by atoms with E-state index in [0.29, 0.717) is 29.5 Å². The third kappa shape index (κ3) is 5.36. The highest BCUT2D eigenvalue weighted by Gasteiger charge is 2.22. The quantitative estimate of drug-likeness (QED) is 0.169. The molecule has 2 amide bonds. The molecule has 0 bridgehead atoms. The van der Waals surface area contributed by atoms with Gasteiger partial charge in [0.25, 0.3) is 5.91 Å². The fourth-order valence-corrected chi connectivity index (χ4v) is 3.22. The molecule has 0 saturated heterocycles. The van der Waals surface area contributed by atoms with Gasteiger partial charge in [-0.3, -0.25) is 19.6 Å². The molecule has 0 unspecified atom stereocenters. The zero-order valence-corrected chi connectivity index (χ0v) is 17.9. The van der Waals surface area contributed by atoms with Crippen LogP contribution in [-0.4, -0.2) is 41.0 Å². The maximum atomic E-state index is 15.3. The summed E-state index contributed by atoms with van der Waals surface area (Å²) in [6.45, 7) is 0.118. The maximum absolute atomic E-state index is 15.3. The number of amides is 2. The Morgan fingerprint density at radius 3 is 2.81 bits per heavy atom. The van der Waals surface area contributed by atoms with E-state index in [0.717, 1.165) is 0 Å². The summed E-state index contributed by atoms with van der Waals surface area (Å²) in [5, 5.41) is 11.6. The Labute approximate surface area is 189 Å². The van der Waals surface area contributed by atoms with Crippen LogP contribution in [0.4, 0.5) is 15.8 Å². The van der Waals surface area contributed by atoms with Crippen molar-refractivity contribution in [3.8, 4) is 0 Å². The second-order valence-electron chi connectivity index (χ2n) is 6.97. The number of carbonyl (C=O) groups is 2. The first kappa shape index (κ1) is 23.5. The smallest absolute Gasteiger partial charge is 0.277 e. The van der Waals surface area contributed by atoms with E-state index in [1.54, 1.807) is 23.7 Å². The van der Waals surface area contributed by atoms with E-state index < -0.39 is 17.6 Å². The molecule has 3 aromatic rings. The van der Waals surface area contributed by atoms with E-state index in [-0.39, 0.29) is 34.8 Å². The average molecular weight is 460 g/mol. The number of hydrogen-bond donors (Lipinski definition) is 4. The zero-order valence-electron chi connectivity index (χ0n) is 17.1. The Bertz CT molecular complexity index is 1160. The molecule has 32 heavy (non-hydrogen) atoms. The number of imidazole rings is 1. The highest BCUT2D eigenvalue weighted by molar-refractivity contribution is 6.37. The lowest BCUT2D eigenvalue weighted by Crippen LogP contribution is -2.25. The van der Waals surface area contributed by atoms with E-state index in [1.165, 1.54) is 23.9 Å². The Morgan fingerprint density at radius 2 is 2.09 bits per heavy atom. The summed E-state index contributed by atoms with van der Waals surface area (Å²) in [5.41, 5.74) is 4.95. The van der Waals surface area contributed by atoms with E-state index in [1.807, 2.05) is 0 Å². The van der Waals surface area contributed by atoms with E-state index >= 15 is 4.39 Å². The Hall–Kier alpha value is -3.15. The van der Waals surface area contributed by atoms with Gasteiger partial charge in [0.2, 0.25) is 5.91 Å². The zero-order chi connectivity index (χ0) is 23.3. The average Bonchev–Trinajstić information content (AvgIpc) is 3.14. The molecule has 12 heteroatoms. The van der Waals surface area contributed by atoms with Crippen molar-refractivity contribution >= 4 is 59.1 Å². The standard InChI is InChI=1S/C20H20BClFN5O4/c1-28-10-24-19-15(28)9-12(20(30)27-32-7-3-2-4-16(29)26-31)18(17(19)23)25-14-6-5-11(21)8-13(14)22/h5-6,8-10,25,31H,2-4,7H2,1H3,(H,26,29)(H,27,30). The molecule has 2 radical (unpaired) electrons. The van der Waals surface area contributed by atoms with Crippen LogP contribution in [-0.2, 0) is 16.7 Å². The molecule has 3 rings (SSSR count). The number of nitrogens with zero attached hydrogens (tertiary/aromatic N) is 2. The monoisotopic (exact) mass is 459 g/mol. The van der Waals surface area contributed by atoms with Gasteiger partial charge in [-0.2, -0.15) is 0 Å². The molecule has 0 aliphatic heterocycles. The number of anilines is 2. The number of benzene rings is 2. The van der Waals surface area contributed by atoms with Gasteiger partial charge in [-0.05, 0) is 31.0 Å². The van der Waals surface area contributed by atoms with Crippen LogP contribution in [0.2, 0.25) is 5.02 Å². The summed E-state index contributed by atoms with van der Waals surface area (Å²) in [4.78, 5) is 33.0. The van der Waals surface area contributed by atoms with Crippen LogP contribution >= 0.6 is 11.6 Å². The first-order chi connectivity index (χ1) is 15.3. The van der Waals surface area contributed by atoms with Gasteiger partial charge >= 0.3 is 0 Å². The van der Waals surface area contributed by atoms with Crippen LogP contribution in [0.1, 0.15) is 29.6 Å². The predicted molar refractivity (Wildman–Crippen MR) is 118 cm³/mol. The summed E-state index contributed by atoms with van der Waals surface area (Å²) < 4.78 is 16.9. The number of nitrogens with one attached hydrogen (secondary N) is 3. The van der Waals surface area contributed by atoms with Gasteiger partial charge in [0.15, 0.2) is 5.82 Å². The fraction of sp³-hybridized carbons (Fsp3) is 0.250. The van der Waals surface area contributed by atoms with Gasteiger partial charge in [0, 0.05) is 13.5 Å². The first-order valence-corrected chi connectivity index (χ1v) is 10.00. The van der Waals surface area contributed by atoms with Crippen molar-refractivity contribution in [3.63, 3.8) is 0 Å². The maximum Gasteiger partial charge on any atom is 0.277 e. The van der Waals surface area contributed by atoms with Crippen LogP contribution in [0, 0.1) is 5.82 Å². The Balaban J connectivity index is 1.81. The second kappa shape index (κ2) is 10.4. The number of carbonyl (C=O) groups excluding carboxylic acids is 2. The number of hydroxylamine groups is 2. The number of hydrogen-bond acceptors (Lipinski definition) is 6. The van der Waals surface area contributed by atoms with Crippen LogP contribution < -0.4 is 21.7 Å². The van der Waals surface area contributed by atoms with Gasteiger partial charge in [-0.25, -0.2) is 20.3 Å². The number of rotatable bonds is 9. The molecule has 166 valence electrons. The molecule has 0 fully saturated rings. The lowest BCUT2D eigenvalue weighted by molar-refractivity contribution is -0.129. The Kier molecular flexibility index (Phi) is 7.68. The molecule has 0 spiro atoms. The number of fused-ring (bicyclic) bond motifs is 1. The topological polar surface area (TPSA) is 118 Å². The third-order valence-corrected chi connectivity index (χ3v) is 4.96. The lowest BCUT2D eigenvalue weighted by atomic mass is 9.96. The predicted octanol–water partition coefficient (Wildman–Crippen LogP) is 2.24. The largest absolute Gasteiger partial charge is 0.351 e. The molecule has 2 aromatic carbocycles. The van der Waals surface area contributed by atoms with Gasteiger partial charge < -0.3 is 9.88 Å². The van der Waals surface area contributed by atoms with Crippen molar-refractivity contribution in [2.45, 2.75) is 19.3 Å². The molecule has 4 N–H and O–H groups in total. The molecular formula is C20H20BClFN5O4. The minimum Gasteiger partial charge on any atom is -0.351 e. The van der Waals surface area contributed by atoms with Crippen LogP contribution in [0.15, 0.2) is 30.6 Å². The van der Waals surface area contributed by atoms with Crippen LogP contribution in [0.5, 0.6) is 0 Å². The Morgan fingerprint density at radius 1 is 1.31 bits per heavy atom. The second-order valence-corrected chi connectivity index (χ2v) is 7.38. The van der Waals surface area contributed by atoms with E-state index in [9.17, 15) is 9.59 Å². The molecule has 0 aliphatic rings. The number of halogens is 2. The van der Waals surface area contributed by atoms with Gasteiger partial charge in [0.1, 0.15) is 13.4 Å². The molecule has 0 saturated carbocycles. The number of aryl methyl sites for hydroxylation is 1. The summed E-state index contributed by atoms with van der Waals surface area (Å²) >= 11 is 6.20. The third-order valence-electron chi connectivity index (χ3n) is 4.65. The van der Waals surface area contributed by atoms with Crippen molar-refractivity contribution in [2.24, 2.45) is 7.05 Å². The van der Waals surface area contributed by atoms with Crippen LogP contribution in [0.25, 0.3) is 11.0 Å². The normalized spacial score (nSPS) is 10.9. The summed E-state index contributed by atoms with van der Waals surface area (Å²) in [6, 6.07) is 6.15. The van der Waals surface area contributed by atoms with Crippen molar-refractivity contribution in [1.82, 2.24) is 20.5 Å².